The molecule has 7 heteroatoms. The summed E-state index contributed by atoms with van der Waals surface area (Å²) in [5, 5.41) is 14.7. The third-order valence-electron chi connectivity index (χ3n) is 3.47. The molecular weight excluding hydrogens is 310 g/mol. The minimum Gasteiger partial charge on any atom is -0.484 e. The Morgan fingerprint density at radius 1 is 1.21 bits per heavy atom. The second kappa shape index (κ2) is 6.49. The van der Waals surface area contributed by atoms with Crippen molar-refractivity contribution in [3.8, 4) is 17.1 Å². The zero-order chi connectivity index (χ0) is 17.1. The highest BCUT2D eigenvalue weighted by Gasteiger charge is 2.12. The lowest BCUT2D eigenvalue weighted by atomic mass is 10.1. The van der Waals surface area contributed by atoms with Gasteiger partial charge in [-0.15, -0.1) is 0 Å². The van der Waals surface area contributed by atoms with Crippen LogP contribution in [0.2, 0.25) is 0 Å². The second-order valence-electron chi connectivity index (χ2n) is 5.38. The van der Waals surface area contributed by atoms with Gasteiger partial charge in [0.15, 0.2) is 6.61 Å². The minimum atomic E-state index is -0.425. The Kier molecular flexibility index (Phi) is 4.24. The molecule has 3 rings (SSSR count). The summed E-state index contributed by atoms with van der Waals surface area (Å²) in [6.45, 7) is 3.74. The first-order chi connectivity index (χ1) is 11.5. The highest BCUT2D eigenvalue weighted by Crippen LogP contribution is 2.24. The molecule has 0 aliphatic heterocycles. The number of hydrogen-bond acceptors (Lipinski definition) is 6. The predicted molar refractivity (Wildman–Crippen MR) is 86.6 cm³/mol. The summed E-state index contributed by atoms with van der Waals surface area (Å²) in [5.74, 6) is 1.34. The zero-order valence-corrected chi connectivity index (χ0v) is 13.2. The zero-order valence-electron chi connectivity index (χ0n) is 13.2. The van der Waals surface area contributed by atoms with Gasteiger partial charge < -0.3 is 9.26 Å². The second-order valence-corrected chi connectivity index (χ2v) is 5.38. The van der Waals surface area contributed by atoms with Crippen LogP contribution in [0.4, 0.5) is 5.69 Å². The lowest BCUT2D eigenvalue weighted by molar-refractivity contribution is -0.385. The summed E-state index contributed by atoms with van der Waals surface area (Å²) in [7, 11) is 0. The lowest BCUT2D eigenvalue weighted by Crippen LogP contribution is -1.97. The maximum Gasteiger partial charge on any atom is 0.272 e. The first kappa shape index (κ1) is 15.7. The quantitative estimate of drug-likeness (QED) is 0.523. The van der Waals surface area contributed by atoms with Crippen LogP contribution in [-0.2, 0) is 6.61 Å². The maximum atomic E-state index is 10.8. The molecule has 0 radical (unpaired) electrons. The molecule has 0 fully saturated rings. The first-order valence-corrected chi connectivity index (χ1v) is 7.30. The first-order valence-electron chi connectivity index (χ1n) is 7.30. The summed E-state index contributed by atoms with van der Waals surface area (Å²) in [5.41, 5.74) is 2.57. The molecule has 3 aromatic rings. The molecule has 0 unspecified atom stereocenters. The van der Waals surface area contributed by atoms with Gasteiger partial charge in [0.1, 0.15) is 5.75 Å². The van der Waals surface area contributed by atoms with Gasteiger partial charge in [0.05, 0.1) is 4.92 Å². The Bertz CT molecular complexity index is 889. The van der Waals surface area contributed by atoms with Gasteiger partial charge in [0.2, 0.25) is 5.82 Å². The third-order valence-corrected chi connectivity index (χ3v) is 3.47. The topological polar surface area (TPSA) is 91.3 Å². The summed E-state index contributed by atoms with van der Waals surface area (Å²) in [6.07, 6.45) is 0. The van der Waals surface area contributed by atoms with Crippen LogP contribution in [0.1, 0.15) is 17.0 Å². The van der Waals surface area contributed by atoms with Gasteiger partial charge in [0.25, 0.3) is 11.6 Å². The number of nitro benzene ring substituents is 1. The number of nitro groups is 1. The maximum absolute atomic E-state index is 10.8. The summed E-state index contributed by atoms with van der Waals surface area (Å²) in [6, 6.07) is 12.4. The van der Waals surface area contributed by atoms with E-state index in [1.165, 1.54) is 6.07 Å². The molecule has 0 saturated carbocycles. The van der Waals surface area contributed by atoms with Crippen LogP contribution in [0.5, 0.6) is 5.75 Å². The molecule has 0 saturated heterocycles. The molecule has 0 spiro atoms. The Morgan fingerprint density at radius 2 is 2.04 bits per heavy atom. The van der Waals surface area contributed by atoms with Crippen molar-refractivity contribution in [2.45, 2.75) is 20.5 Å². The van der Waals surface area contributed by atoms with Crippen LogP contribution in [0, 0.1) is 24.0 Å². The Balaban J connectivity index is 1.70. The normalized spacial score (nSPS) is 10.6. The predicted octanol–water partition coefficient (Wildman–Crippen LogP) is 3.84. The minimum absolute atomic E-state index is 0.0573. The van der Waals surface area contributed by atoms with E-state index in [9.17, 15) is 10.1 Å². The highest BCUT2D eigenvalue weighted by molar-refractivity contribution is 5.55. The molecular formula is C17H15N3O4. The van der Waals surface area contributed by atoms with Crippen LogP contribution in [0.3, 0.4) is 0 Å². The van der Waals surface area contributed by atoms with Crippen LogP contribution in [0.25, 0.3) is 11.4 Å². The number of rotatable bonds is 5. The van der Waals surface area contributed by atoms with E-state index in [0.29, 0.717) is 23.0 Å². The van der Waals surface area contributed by atoms with E-state index >= 15 is 0 Å². The Labute approximate surface area is 138 Å². The fraction of sp³-hybridized carbons (Fsp3) is 0.176. The van der Waals surface area contributed by atoms with E-state index in [1.54, 1.807) is 19.1 Å². The molecule has 0 N–H and O–H groups in total. The van der Waals surface area contributed by atoms with Crippen molar-refractivity contribution in [2.75, 3.05) is 0 Å². The number of aromatic nitrogens is 2. The van der Waals surface area contributed by atoms with Crippen molar-refractivity contribution < 1.29 is 14.2 Å². The average molecular weight is 325 g/mol. The summed E-state index contributed by atoms with van der Waals surface area (Å²) >= 11 is 0. The van der Waals surface area contributed by atoms with Crippen molar-refractivity contribution in [3.63, 3.8) is 0 Å². The van der Waals surface area contributed by atoms with Crippen LogP contribution in [-0.4, -0.2) is 15.1 Å². The van der Waals surface area contributed by atoms with Gasteiger partial charge in [-0.05, 0) is 32.0 Å². The van der Waals surface area contributed by atoms with Gasteiger partial charge in [0, 0.05) is 17.2 Å². The summed E-state index contributed by atoms with van der Waals surface area (Å²) in [4.78, 5) is 14.7. The Morgan fingerprint density at radius 3 is 2.75 bits per heavy atom. The fourth-order valence-corrected chi connectivity index (χ4v) is 2.28. The van der Waals surface area contributed by atoms with E-state index in [0.717, 1.165) is 11.1 Å². The van der Waals surface area contributed by atoms with E-state index < -0.39 is 4.92 Å². The number of ether oxygens (including phenoxy) is 1. The van der Waals surface area contributed by atoms with Crippen molar-refractivity contribution in [1.29, 1.82) is 0 Å². The van der Waals surface area contributed by atoms with E-state index in [4.69, 9.17) is 9.26 Å². The van der Waals surface area contributed by atoms with Gasteiger partial charge in [-0.1, -0.05) is 28.9 Å². The molecule has 0 bridgehead atoms. The highest BCUT2D eigenvalue weighted by atomic mass is 16.6. The number of aryl methyl sites for hydroxylation is 2. The van der Waals surface area contributed by atoms with Gasteiger partial charge >= 0.3 is 0 Å². The van der Waals surface area contributed by atoms with Gasteiger partial charge in [-0.3, -0.25) is 10.1 Å². The fourth-order valence-electron chi connectivity index (χ4n) is 2.28. The van der Waals surface area contributed by atoms with E-state index in [2.05, 4.69) is 10.1 Å². The molecule has 0 aliphatic carbocycles. The molecule has 0 atom stereocenters. The molecule has 1 heterocycles. The molecule has 0 aliphatic rings. The molecule has 122 valence electrons. The van der Waals surface area contributed by atoms with E-state index in [1.807, 2.05) is 31.2 Å². The van der Waals surface area contributed by atoms with Gasteiger partial charge in [-0.2, -0.15) is 4.98 Å². The van der Waals surface area contributed by atoms with Crippen molar-refractivity contribution in [3.05, 3.63) is 69.6 Å². The van der Waals surface area contributed by atoms with Crippen molar-refractivity contribution in [2.24, 2.45) is 0 Å². The monoisotopic (exact) mass is 325 g/mol. The summed E-state index contributed by atoms with van der Waals surface area (Å²) < 4.78 is 10.7. The van der Waals surface area contributed by atoms with Crippen LogP contribution >= 0.6 is 0 Å². The molecule has 0 amide bonds. The SMILES string of the molecule is Cc1cccc(-c2noc(COc3ccc([N+](=O)[O-])c(C)c3)n2)c1. The lowest BCUT2D eigenvalue weighted by Gasteiger charge is -2.04. The van der Waals surface area contributed by atoms with Crippen molar-refractivity contribution >= 4 is 5.69 Å². The van der Waals surface area contributed by atoms with E-state index in [-0.39, 0.29) is 12.3 Å². The number of hydrogen-bond donors (Lipinski definition) is 0. The standard InChI is InChI=1S/C17H15N3O4/c1-11-4-3-5-13(8-11)17-18-16(24-19-17)10-23-14-6-7-15(20(21)22)12(2)9-14/h3-9H,10H2,1-2H3. The largest absolute Gasteiger partial charge is 0.484 e. The average Bonchev–Trinajstić information content (AvgIpc) is 3.01. The molecule has 1 aromatic heterocycles. The Hall–Kier alpha value is -3.22. The van der Waals surface area contributed by atoms with Gasteiger partial charge in [-0.25, -0.2) is 0 Å². The van der Waals surface area contributed by atoms with Crippen LogP contribution < -0.4 is 4.74 Å². The van der Waals surface area contributed by atoms with Crippen molar-refractivity contribution in [1.82, 2.24) is 10.1 Å². The number of benzene rings is 2. The van der Waals surface area contributed by atoms with Crippen LogP contribution in [0.15, 0.2) is 47.0 Å². The molecule has 24 heavy (non-hydrogen) atoms. The molecule has 7 nitrogen and oxygen atoms in total. The smallest absolute Gasteiger partial charge is 0.272 e. The molecule has 2 aromatic carbocycles. The number of nitrogens with zero attached hydrogens (tertiary/aromatic N) is 3. The third kappa shape index (κ3) is 3.40.